The largest absolute Gasteiger partial charge is 0.392 e. The van der Waals surface area contributed by atoms with E-state index in [0.29, 0.717) is 35.1 Å². The monoisotopic (exact) mass is 414 g/mol. The van der Waals surface area contributed by atoms with Crippen molar-refractivity contribution in [2.24, 2.45) is 10.2 Å². The Labute approximate surface area is 176 Å². The number of nitriles is 1. The number of nitrogens with one attached hydrogen (secondary N) is 3. The molecule has 162 valence electrons. The molecule has 10 heteroatoms. The number of H-pyrrole nitrogens is 1. The van der Waals surface area contributed by atoms with Crippen molar-refractivity contribution >= 4 is 23.1 Å². The summed E-state index contributed by atoms with van der Waals surface area (Å²) in [5, 5.41) is 50.3. The molecule has 2 atom stereocenters. The van der Waals surface area contributed by atoms with Gasteiger partial charge in [-0.2, -0.15) is 10.4 Å². The molecule has 2 aromatic rings. The second-order valence-corrected chi connectivity index (χ2v) is 8.34. The maximum atomic E-state index is 9.63. The van der Waals surface area contributed by atoms with Gasteiger partial charge in [0.25, 0.3) is 0 Å². The fraction of sp³-hybridized carbons (Fsp3) is 0.550. The Morgan fingerprint density at radius 2 is 1.80 bits per heavy atom. The van der Waals surface area contributed by atoms with Crippen molar-refractivity contribution in [3.63, 3.8) is 0 Å². The van der Waals surface area contributed by atoms with E-state index < -0.39 is 12.2 Å². The van der Waals surface area contributed by atoms with Crippen LogP contribution in [0.4, 0.5) is 23.1 Å². The number of aryl methyl sites for hydroxylation is 1. The lowest BCUT2D eigenvalue weighted by molar-refractivity contribution is 0.208. The Bertz CT molecular complexity index is 936. The highest BCUT2D eigenvalue weighted by Crippen LogP contribution is 2.33. The van der Waals surface area contributed by atoms with Crippen LogP contribution in [0.3, 0.4) is 0 Å². The fourth-order valence-electron chi connectivity index (χ4n) is 2.65. The topological polar surface area (TPSA) is 155 Å². The molecule has 0 amide bonds. The molecule has 5 N–H and O–H groups in total. The first-order valence-corrected chi connectivity index (χ1v) is 9.79. The molecule has 0 saturated carbocycles. The van der Waals surface area contributed by atoms with Crippen LogP contribution in [0.1, 0.15) is 51.4 Å². The minimum Gasteiger partial charge on any atom is -0.392 e. The number of hydrogen-bond acceptors (Lipinski definition) is 9. The lowest BCUT2D eigenvalue weighted by Crippen LogP contribution is -2.18. The van der Waals surface area contributed by atoms with Crippen molar-refractivity contribution in [2.45, 2.75) is 59.2 Å². The van der Waals surface area contributed by atoms with Crippen molar-refractivity contribution in [3.8, 4) is 6.07 Å². The van der Waals surface area contributed by atoms with E-state index in [2.05, 4.69) is 42.1 Å². The minimum atomic E-state index is -0.586. The van der Waals surface area contributed by atoms with Crippen LogP contribution in [-0.4, -0.2) is 50.7 Å². The number of rotatable bonds is 8. The third-order valence-electron chi connectivity index (χ3n) is 4.18. The zero-order chi connectivity index (χ0) is 22.5. The number of aliphatic hydroxyl groups excluding tert-OH is 2. The van der Waals surface area contributed by atoms with E-state index in [-0.39, 0.29) is 17.8 Å². The van der Waals surface area contributed by atoms with Crippen LogP contribution in [0.2, 0.25) is 0 Å². The highest BCUT2D eigenvalue weighted by molar-refractivity contribution is 5.68. The summed E-state index contributed by atoms with van der Waals surface area (Å²) in [5.74, 6) is 1.20. The minimum absolute atomic E-state index is 0.208. The van der Waals surface area contributed by atoms with Crippen molar-refractivity contribution in [1.29, 1.82) is 5.26 Å². The van der Waals surface area contributed by atoms with Crippen molar-refractivity contribution in [1.82, 2.24) is 15.2 Å². The highest BCUT2D eigenvalue weighted by Gasteiger charge is 2.24. The number of hydrogen-bond donors (Lipinski definition) is 5. The molecule has 0 aliphatic heterocycles. The number of azo groups is 1. The first kappa shape index (κ1) is 23.3. The van der Waals surface area contributed by atoms with Crippen LogP contribution in [0.25, 0.3) is 0 Å². The number of pyridine rings is 1. The third-order valence-corrected chi connectivity index (χ3v) is 4.18. The van der Waals surface area contributed by atoms with Gasteiger partial charge in [-0.1, -0.05) is 20.8 Å². The van der Waals surface area contributed by atoms with Gasteiger partial charge in [0, 0.05) is 18.5 Å². The van der Waals surface area contributed by atoms with Crippen LogP contribution in [-0.2, 0) is 5.41 Å². The molecule has 10 nitrogen and oxygen atoms in total. The molecule has 0 aliphatic carbocycles. The molecular formula is C20H30N8O2. The van der Waals surface area contributed by atoms with E-state index in [9.17, 15) is 15.5 Å². The van der Waals surface area contributed by atoms with Gasteiger partial charge in [-0.25, -0.2) is 4.98 Å². The van der Waals surface area contributed by atoms with Gasteiger partial charge < -0.3 is 20.8 Å². The molecule has 0 spiro atoms. The molecular weight excluding hydrogens is 384 g/mol. The molecule has 2 aromatic heterocycles. The van der Waals surface area contributed by atoms with Crippen molar-refractivity contribution in [2.75, 3.05) is 23.7 Å². The zero-order valence-corrected chi connectivity index (χ0v) is 18.3. The summed E-state index contributed by atoms with van der Waals surface area (Å²) in [5.41, 5.74) is 2.01. The van der Waals surface area contributed by atoms with E-state index in [1.54, 1.807) is 19.9 Å². The smallest absolute Gasteiger partial charge is 0.213 e. The average Bonchev–Trinajstić information content (AvgIpc) is 3.07. The Balaban J connectivity index is 2.42. The number of aromatic amines is 1. The van der Waals surface area contributed by atoms with Gasteiger partial charge in [-0.3, -0.25) is 5.10 Å². The quantitative estimate of drug-likeness (QED) is 0.415. The SMILES string of the molecule is Cc1cc(NCC(C)O)nc(NCC(C)O)c1N=Nc1n[nH]c(C(C)(C)C)c1C#N. The molecule has 2 unspecified atom stereocenters. The third kappa shape index (κ3) is 5.98. The van der Waals surface area contributed by atoms with Crippen LogP contribution >= 0.6 is 0 Å². The van der Waals surface area contributed by atoms with Gasteiger partial charge in [0.1, 0.15) is 23.1 Å². The van der Waals surface area contributed by atoms with Crippen LogP contribution in [0, 0.1) is 18.3 Å². The lowest BCUT2D eigenvalue weighted by atomic mass is 9.90. The highest BCUT2D eigenvalue weighted by atomic mass is 16.3. The zero-order valence-electron chi connectivity index (χ0n) is 18.3. The molecule has 0 fully saturated rings. The second kappa shape index (κ2) is 9.65. The number of aliphatic hydroxyl groups is 2. The normalized spacial score (nSPS) is 13.8. The first-order chi connectivity index (χ1) is 14.0. The lowest BCUT2D eigenvalue weighted by Gasteiger charge is -2.15. The van der Waals surface area contributed by atoms with Gasteiger partial charge in [-0.15, -0.1) is 10.2 Å². The summed E-state index contributed by atoms with van der Waals surface area (Å²) >= 11 is 0. The van der Waals surface area contributed by atoms with Crippen LogP contribution in [0.5, 0.6) is 0 Å². The first-order valence-electron chi connectivity index (χ1n) is 9.79. The summed E-state index contributed by atoms with van der Waals surface area (Å²) in [6, 6.07) is 3.94. The Morgan fingerprint density at radius 1 is 1.17 bits per heavy atom. The van der Waals surface area contributed by atoms with E-state index in [1.807, 2.05) is 27.7 Å². The Kier molecular flexibility index (Phi) is 7.48. The molecule has 30 heavy (non-hydrogen) atoms. The molecule has 2 rings (SSSR count). The summed E-state index contributed by atoms with van der Waals surface area (Å²) in [7, 11) is 0. The summed E-state index contributed by atoms with van der Waals surface area (Å²) in [6.07, 6.45) is -1.11. The van der Waals surface area contributed by atoms with E-state index in [4.69, 9.17) is 0 Å². The van der Waals surface area contributed by atoms with Crippen molar-refractivity contribution in [3.05, 3.63) is 22.9 Å². The standard InChI is InChI=1S/C20H30N8O2/c1-11-7-15(22-9-12(2)29)24-19(23-10-13(3)30)16(11)25-27-18-14(8-21)17(26-28-18)20(4,5)6/h7,12-13,29-30H,9-10H2,1-6H3,(H,26,28)(H2,22,23,24). The predicted molar refractivity (Wildman–Crippen MR) is 115 cm³/mol. The molecule has 0 aromatic carbocycles. The van der Waals surface area contributed by atoms with Crippen LogP contribution in [0.15, 0.2) is 16.3 Å². The Morgan fingerprint density at radius 3 is 2.37 bits per heavy atom. The second-order valence-electron chi connectivity index (χ2n) is 8.34. The maximum Gasteiger partial charge on any atom is 0.213 e. The van der Waals surface area contributed by atoms with Gasteiger partial charge in [0.05, 0.1) is 17.9 Å². The van der Waals surface area contributed by atoms with Gasteiger partial charge in [0.2, 0.25) is 5.82 Å². The summed E-state index contributed by atoms with van der Waals surface area (Å²) < 4.78 is 0. The van der Waals surface area contributed by atoms with E-state index in [1.165, 1.54) is 0 Å². The molecule has 0 aliphatic rings. The maximum absolute atomic E-state index is 9.63. The molecule has 0 radical (unpaired) electrons. The van der Waals surface area contributed by atoms with Crippen LogP contribution < -0.4 is 10.6 Å². The van der Waals surface area contributed by atoms with E-state index in [0.717, 1.165) is 5.56 Å². The predicted octanol–water partition coefficient (Wildman–Crippen LogP) is 3.28. The van der Waals surface area contributed by atoms with E-state index >= 15 is 0 Å². The van der Waals surface area contributed by atoms with Gasteiger partial charge in [-0.05, 0) is 32.4 Å². The molecule has 0 bridgehead atoms. The van der Waals surface area contributed by atoms with Crippen molar-refractivity contribution < 1.29 is 10.2 Å². The van der Waals surface area contributed by atoms with Gasteiger partial charge >= 0.3 is 0 Å². The summed E-state index contributed by atoms with van der Waals surface area (Å²) in [6.45, 7) is 11.7. The average molecular weight is 415 g/mol. The summed E-state index contributed by atoms with van der Waals surface area (Å²) in [4.78, 5) is 4.49. The molecule has 0 saturated heterocycles. The number of aromatic nitrogens is 3. The molecule has 2 heterocycles. The van der Waals surface area contributed by atoms with Gasteiger partial charge in [0.15, 0.2) is 5.82 Å². The Hall–Kier alpha value is -3.03. The fourth-order valence-corrected chi connectivity index (χ4v) is 2.65. The number of nitrogens with zero attached hydrogens (tertiary/aromatic N) is 5. The number of anilines is 2.